The molecular weight excluding hydrogens is 462 g/mol. The van der Waals surface area contributed by atoms with Crippen LogP contribution in [-0.2, 0) is 27.9 Å². The Balaban J connectivity index is 1.56. The van der Waals surface area contributed by atoms with Crippen LogP contribution in [0.5, 0.6) is 0 Å². The van der Waals surface area contributed by atoms with Gasteiger partial charge in [-0.25, -0.2) is 0 Å². The van der Waals surface area contributed by atoms with Gasteiger partial charge in [-0.1, -0.05) is 36.4 Å². The number of nitrogens with zero attached hydrogens (tertiary/aromatic N) is 2. The van der Waals surface area contributed by atoms with Crippen LogP contribution in [0.25, 0.3) is 0 Å². The number of ether oxygens (including phenoxy) is 2. The Morgan fingerprint density at radius 2 is 1.86 bits per heavy atom. The maximum absolute atomic E-state index is 12.3. The standard InChI is InChI=1S/C31H35N3O3/c1-22-28(9-6-14-33-22)34(2)20-25-17-24(29(32)35)10-11-27(25)30(18-23-7-4-3-5-8-23)12-13-31(19-26(30)21-34)36-15-16-37-31/h3-11,14,17,26H,12-13,15-16,18-21H2,1-2H3,(H-,32,35)/p+1/t26-,30+,34?/m1/s1. The molecular formula is C31H36N3O3+. The zero-order valence-electron chi connectivity index (χ0n) is 21.8. The molecule has 3 heterocycles. The lowest BCUT2D eigenvalue weighted by Crippen LogP contribution is -2.55. The fraction of sp³-hybridized carbons (Fsp3) is 0.419. The molecule has 0 radical (unpaired) electrons. The van der Waals surface area contributed by atoms with Crippen molar-refractivity contribution in [1.82, 2.24) is 9.47 Å². The van der Waals surface area contributed by atoms with Crippen LogP contribution < -0.4 is 10.2 Å². The number of nitrogens with two attached hydrogens (primary N) is 1. The van der Waals surface area contributed by atoms with Crippen LogP contribution in [0.3, 0.4) is 0 Å². The van der Waals surface area contributed by atoms with Crippen LogP contribution in [0.2, 0.25) is 0 Å². The molecule has 2 N–H and O–H groups in total. The third kappa shape index (κ3) is 4.17. The largest absolute Gasteiger partial charge is 0.366 e. The molecule has 6 heteroatoms. The van der Waals surface area contributed by atoms with Gasteiger partial charge in [-0.2, -0.15) is 0 Å². The fourth-order valence-electron chi connectivity index (χ4n) is 7.45. The summed E-state index contributed by atoms with van der Waals surface area (Å²) in [6.45, 7) is 5.10. The Morgan fingerprint density at radius 1 is 1.08 bits per heavy atom. The molecule has 1 aromatic heterocycles. The minimum absolute atomic E-state index is 0.112. The first-order valence-corrected chi connectivity index (χ1v) is 13.3. The molecule has 3 aromatic rings. The SMILES string of the molecule is Cc1ncccc1[N+]1(C)Cc2cc(C(N)=O)ccc2[C@]2(Cc3ccccc3)CCC3(C[C@@H]2C1)OCCO3. The molecule has 1 unspecified atom stereocenters. The van der Waals surface area contributed by atoms with Gasteiger partial charge in [0.1, 0.15) is 6.54 Å². The molecule has 1 saturated heterocycles. The van der Waals surface area contributed by atoms with E-state index in [1.54, 1.807) is 0 Å². The first-order chi connectivity index (χ1) is 17.8. The van der Waals surface area contributed by atoms with Crippen LogP contribution in [0, 0.1) is 12.8 Å². The summed E-state index contributed by atoms with van der Waals surface area (Å²) < 4.78 is 13.3. The van der Waals surface area contributed by atoms with Crippen molar-refractivity contribution in [3.05, 3.63) is 94.8 Å². The summed E-state index contributed by atoms with van der Waals surface area (Å²) in [5.41, 5.74) is 12.3. The van der Waals surface area contributed by atoms with Gasteiger partial charge in [0.25, 0.3) is 0 Å². The van der Waals surface area contributed by atoms with Crippen molar-refractivity contribution in [3.63, 3.8) is 0 Å². The number of aromatic nitrogens is 1. The molecule has 2 aliphatic heterocycles. The summed E-state index contributed by atoms with van der Waals surface area (Å²) in [5.74, 6) is -0.593. The van der Waals surface area contributed by atoms with Gasteiger partial charge >= 0.3 is 0 Å². The van der Waals surface area contributed by atoms with E-state index in [1.165, 1.54) is 22.4 Å². The number of pyridine rings is 1. The monoisotopic (exact) mass is 498 g/mol. The number of quaternary nitrogens is 1. The maximum Gasteiger partial charge on any atom is 0.248 e. The zero-order valence-corrected chi connectivity index (χ0v) is 21.8. The second kappa shape index (κ2) is 9.05. The van der Waals surface area contributed by atoms with Crippen LogP contribution in [0.4, 0.5) is 5.69 Å². The highest BCUT2D eigenvalue weighted by Gasteiger charge is 2.57. The average Bonchev–Trinajstić information content (AvgIpc) is 3.30. The van der Waals surface area contributed by atoms with Gasteiger partial charge in [0.05, 0.1) is 32.5 Å². The highest BCUT2D eigenvalue weighted by atomic mass is 16.7. The van der Waals surface area contributed by atoms with Gasteiger partial charge in [-0.15, -0.1) is 0 Å². The Kier molecular flexibility index (Phi) is 5.94. The normalized spacial score (nSPS) is 28.3. The Labute approximate surface area is 219 Å². The van der Waals surface area contributed by atoms with Crippen LogP contribution in [0.15, 0.2) is 66.9 Å². The van der Waals surface area contributed by atoms with E-state index in [2.05, 4.69) is 61.4 Å². The highest BCUT2D eigenvalue weighted by molar-refractivity contribution is 5.93. The van der Waals surface area contributed by atoms with E-state index in [9.17, 15) is 4.79 Å². The number of fused-ring (bicyclic) bond motifs is 3. The van der Waals surface area contributed by atoms with Crippen molar-refractivity contribution in [2.24, 2.45) is 11.7 Å². The van der Waals surface area contributed by atoms with Crippen molar-refractivity contribution < 1.29 is 14.3 Å². The van der Waals surface area contributed by atoms with Crippen molar-refractivity contribution >= 4 is 11.6 Å². The number of carbonyl (C=O) groups excluding carboxylic acids is 1. The topological polar surface area (TPSA) is 74.4 Å². The van der Waals surface area contributed by atoms with Gasteiger partial charge in [0.15, 0.2) is 11.5 Å². The second-order valence-corrected chi connectivity index (χ2v) is 11.4. The average molecular weight is 499 g/mol. The van der Waals surface area contributed by atoms with Crippen molar-refractivity contribution in [2.75, 3.05) is 26.8 Å². The summed E-state index contributed by atoms with van der Waals surface area (Å²) in [7, 11) is 2.31. The summed E-state index contributed by atoms with van der Waals surface area (Å²) in [6, 6.07) is 21.2. The van der Waals surface area contributed by atoms with E-state index in [4.69, 9.17) is 15.2 Å². The molecule has 1 spiro atoms. The quantitative estimate of drug-likeness (QED) is 0.531. The lowest BCUT2D eigenvalue weighted by molar-refractivity contribution is -0.199. The van der Waals surface area contributed by atoms with Gasteiger partial charge in [0.2, 0.25) is 5.91 Å². The Bertz CT molecular complexity index is 1320. The predicted octanol–water partition coefficient (Wildman–Crippen LogP) is 4.66. The third-order valence-electron chi connectivity index (χ3n) is 9.10. The summed E-state index contributed by atoms with van der Waals surface area (Å²) in [4.78, 5) is 16.9. The first-order valence-electron chi connectivity index (χ1n) is 13.3. The van der Waals surface area contributed by atoms with Crippen molar-refractivity contribution in [1.29, 1.82) is 0 Å². The number of hydrogen-bond donors (Lipinski definition) is 1. The van der Waals surface area contributed by atoms with Crippen LogP contribution >= 0.6 is 0 Å². The van der Waals surface area contributed by atoms with Crippen molar-refractivity contribution in [3.8, 4) is 0 Å². The number of benzene rings is 2. The second-order valence-electron chi connectivity index (χ2n) is 11.4. The summed E-state index contributed by atoms with van der Waals surface area (Å²) in [6.07, 6.45) is 5.47. The predicted molar refractivity (Wildman–Crippen MR) is 144 cm³/mol. The van der Waals surface area contributed by atoms with Gasteiger partial charge < -0.3 is 15.2 Å². The maximum atomic E-state index is 12.3. The molecule has 3 atom stereocenters. The third-order valence-corrected chi connectivity index (χ3v) is 9.10. The molecule has 6 rings (SSSR count). The Morgan fingerprint density at radius 3 is 2.59 bits per heavy atom. The number of amides is 1. The molecule has 1 amide bonds. The summed E-state index contributed by atoms with van der Waals surface area (Å²) in [5, 5.41) is 0. The molecule has 6 nitrogen and oxygen atoms in total. The van der Waals surface area contributed by atoms with E-state index in [-0.39, 0.29) is 11.3 Å². The van der Waals surface area contributed by atoms with Gasteiger partial charge in [0, 0.05) is 47.6 Å². The van der Waals surface area contributed by atoms with Crippen LogP contribution in [0.1, 0.15) is 52.0 Å². The highest BCUT2D eigenvalue weighted by Crippen LogP contribution is 2.55. The molecule has 0 bridgehead atoms. The van der Waals surface area contributed by atoms with E-state index >= 15 is 0 Å². The molecule has 3 aliphatic rings. The number of primary amides is 1. The lowest BCUT2D eigenvalue weighted by Gasteiger charge is -2.50. The van der Waals surface area contributed by atoms with Crippen LogP contribution in [-0.4, -0.2) is 43.5 Å². The van der Waals surface area contributed by atoms with E-state index in [1.807, 2.05) is 24.4 Å². The van der Waals surface area contributed by atoms with Crippen molar-refractivity contribution in [2.45, 2.75) is 50.4 Å². The smallest absolute Gasteiger partial charge is 0.248 e. The molecule has 1 saturated carbocycles. The first kappa shape index (κ1) is 24.3. The number of aryl methyl sites for hydroxylation is 1. The minimum atomic E-state index is -0.503. The summed E-state index contributed by atoms with van der Waals surface area (Å²) >= 11 is 0. The van der Waals surface area contributed by atoms with E-state index in [0.717, 1.165) is 44.5 Å². The number of rotatable bonds is 4. The minimum Gasteiger partial charge on any atom is -0.366 e. The van der Waals surface area contributed by atoms with Gasteiger partial charge in [-0.05, 0) is 49.1 Å². The van der Waals surface area contributed by atoms with E-state index < -0.39 is 5.79 Å². The molecule has 1 aliphatic carbocycles. The molecule has 192 valence electrons. The molecule has 2 aromatic carbocycles. The molecule has 2 fully saturated rings. The fourth-order valence-corrected chi connectivity index (χ4v) is 7.45. The number of hydrogen-bond acceptors (Lipinski definition) is 4. The zero-order chi connectivity index (χ0) is 25.7. The van der Waals surface area contributed by atoms with E-state index in [0.29, 0.717) is 29.2 Å². The Hall–Kier alpha value is -3.06. The van der Waals surface area contributed by atoms with Gasteiger partial charge in [-0.3, -0.25) is 14.3 Å². The number of carbonyl (C=O) groups is 1. The molecule has 37 heavy (non-hydrogen) atoms. The lowest BCUT2D eigenvalue weighted by atomic mass is 9.58.